The zero-order valence-electron chi connectivity index (χ0n) is 12.8. The van der Waals surface area contributed by atoms with Gasteiger partial charge in [-0.3, -0.25) is 0 Å². The van der Waals surface area contributed by atoms with Crippen LogP contribution in [0.3, 0.4) is 0 Å². The first-order valence-corrected chi connectivity index (χ1v) is 6.93. The second-order valence-corrected chi connectivity index (χ2v) is 4.83. The average molecular weight is 288 g/mol. The number of aryl methyl sites for hydroxylation is 4. The Balaban J connectivity index is 2.76. The van der Waals surface area contributed by atoms with E-state index in [0.29, 0.717) is 11.4 Å². The fourth-order valence-electron chi connectivity index (χ4n) is 2.28. The molecule has 0 radical (unpaired) electrons. The zero-order chi connectivity index (χ0) is 15.6. The van der Waals surface area contributed by atoms with Gasteiger partial charge in [-0.15, -0.1) is 5.10 Å². The van der Waals surface area contributed by atoms with Gasteiger partial charge in [0.25, 0.3) is 0 Å². The summed E-state index contributed by atoms with van der Waals surface area (Å²) in [6.45, 7) is 7.80. The minimum atomic E-state index is 0.0191. The standard InChI is InChI=1S/C14H20N6O/c1-5-10-17-11(6-2)20(18-10)14-12(13(15)19-21)8(3)7-9(4)16-14/h7,21H,5-6H2,1-4H3,(H2,15,19). The summed E-state index contributed by atoms with van der Waals surface area (Å²) in [6, 6.07) is 1.89. The van der Waals surface area contributed by atoms with E-state index in [1.807, 2.05) is 33.8 Å². The van der Waals surface area contributed by atoms with Crippen molar-refractivity contribution < 1.29 is 5.21 Å². The van der Waals surface area contributed by atoms with E-state index in [-0.39, 0.29) is 5.84 Å². The van der Waals surface area contributed by atoms with Gasteiger partial charge in [0.05, 0.1) is 5.56 Å². The normalized spacial score (nSPS) is 11.9. The molecule has 0 unspecified atom stereocenters. The van der Waals surface area contributed by atoms with Crippen molar-refractivity contribution in [2.45, 2.75) is 40.5 Å². The number of aromatic nitrogens is 4. The van der Waals surface area contributed by atoms with E-state index >= 15 is 0 Å². The van der Waals surface area contributed by atoms with Crippen LogP contribution in [-0.2, 0) is 12.8 Å². The summed E-state index contributed by atoms with van der Waals surface area (Å²) in [4.78, 5) is 9.00. The maximum absolute atomic E-state index is 9.02. The van der Waals surface area contributed by atoms with Crippen LogP contribution in [0.15, 0.2) is 11.2 Å². The van der Waals surface area contributed by atoms with Gasteiger partial charge in [0.2, 0.25) is 0 Å². The fourth-order valence-corrected chi connectivity index (χ4v) is 2.28. The molecule has 0 bridgehead atoms. The Bertz CT molecular complexity index is 689. The van der Waals surface area contributed by atoms with E-state index in [1.165, 1.54) is 0 Å². The average Bonchev–Trinajstić information content (AvgIpc) is 2.89. The molecule has 112 valence electrons. The summed E-state index contributed by atoms with van der Waals surface area (Å²) >= 11 is 0. The van der Waals surface area contributed by atoms with Gasteiger partial charge in [0.1, 0.15) is 5.82 Å². The molecular weight excluding hydrogens is 268 g/mol. The number of oxime groups is 1. The van der Waals surface area contributed by atoms with Gasteiger partial charge in [-0.05, 0) is 25.5 Å². The lowest BCUT2D eigenvalue weighted by molar-refractivity contribution is 0.318. The number of nitrogens with zero attached hydrogens (tertiary/aromatic N) is 5. The molecule has 0 aliphatic rings. The largest absolute Gasteiger partial charge is 0.409 e. The molecular formula is C14H20N6O. The van der Waals surface area contributed by atoms with Crippen LogP contribution >= 0.6 is 0 Å². The molecule has 2 aromatic rings. The number of amidine groups is 1. The summed E-state index contributed by atoms with van der Waals surface area (Å²) in [5.74, 6) is 2.12. The van der Waals surface area contributed by atoms with Crippen LogP contribution in [0.25, 0.3) is 5.82 Å². The lowest BCUT2D eigenvalue weighted by Crippen LogP contribution is -2.21. The summed E-state index contributed by atoms with van der Waals surface area (Å²) in [5, 5.41) is 16.6. The zero-order valence-corrected chi connectivity index (χ0v) is 12.8. The Labute approximate surface area is 123 Å². The van der Waals surface area contributed by atoms with Crippen molar-refractivity contribution in [3.8, 4) is 5.82 Å². The molecule has 0 aliphatic carbocycles. The Hall–Kier alpha value is -2.44. The SMILES string of the molecule is CCc1nc(CC)n(-c2nc(C)cc(C)c2C(N)=NO)n1. The fraction of sp³-hybridized carbons (Fsp3) is 0.429. The predicted molar refractivity (Wildman–Crippen MR) is 79.9 cm³/mol. The Kier molecular flexibility index (Phi) is 4.21. The molecule has 7 nitrogen and oxygen atoms in total. The minimum absolute atomic E-state index is 0.0191. The second-order valence-electron chi connectivity index (χ2n) is 4.83. The van der Waals surface area contributed by atoms with Gasteiger partial charge in [-0.1, -0.05) is 19.0 Å². The first kappa shape index (κ1) is 15.0. The summed E-state index contributed by atoms with van der Waals surface area (Å²) < 4.78 is 1.69. The maximum atomic E-state index is 9.02. The van der Waals surface area contributed by atoms with Crippen LogP contribution in [-0.4, -0.2) is 30.8 Å². The van der Waals surface area contributed by atoms with Gasteiger partial charge in [-0.25, -0.2) is 9.97 Å². The number of pyridine rings is 1. The van der Waals surface area contributed by atoms with Crippen molar-refractivity contribution in [3.05, 3.63) is 34.5 Å². The molecule has 7 heteroatoms. The van der Waals surface area contributed by atoms with Gasteiger partial charge in [0.15, 0.2) is 17.5 Å². The van der Waals surface area contributed by atoms with Crippen molar-refractivity contribution in [1.29, 1.82) is 0 Å². The van der Waals surface area contributed by atoms with Gasteiger partial charge in [-0.2, -0.15) is 4.68 Å². The molecule has 0 spiro atoms. The molecule has 2 heterocycles. The third-order valence-corrected chi connectivity index (χ3v) is 3.24. The number of nitrogens with two attached hydrogens (primary N) is 1. The Morgan fingerprint density at radius 3 is 2.57 bits per heavy atom. The van der Waals surface area contributed by atoms with E-state index in [2.05, 4.69) is 20.2 Å². The van der Waals surface area contributed by atoms with Crippen molar-refractivity contribution in [2.75, 3.05) is 0 Å². The lowest BCUT2D eigenvalue weighted by atomic mass is 10.1. The van der Waals surface area contributed by atoms with Crippen molar-refractivity contribution in [1.82, 2.24) is 19.7 Å². The highest BCUT2D eigenvalue weighted by molar-refractivity contribution is 6.01. The van der Waals surface area contributed by atoms with Crippen LogP contribution in [0, 0.1) is 13.8 Å². The Morgan fingerprint density at radius 1 is 1.29 bits per heavy atom. The quantitative estimate of drug-likeness (QED) is 0.384. The molecule has 0 amide bonds. The summed E-state index contributed by atoms with van der Waals surface area (Å²) in [6.07, 6.45) is 1.46. The molecule has 0 aliphatic heterocycles. The Morgan fingerprint density at radius 2 is 2.00 bits per heavy atom. The van der Waals surface area contributed by atoms with E-state index < -0.39 is 0 Å². The monoisotopic (exact) mass is 288 g/mol. The summed E-state index contributed by atoms with van der Waals surface area (Å²) in [7, 11) is 0. The van der Waals surface area contributed by atoms with Gasteiger partial charge >= 0.3 is 0 Å². The van der Waals surface area contributed by atoms with Crippen LogP contribution in [0.5, 0.6) is 0 Å². The number of hydrogen-bond donors (Lipinski definition) is 2. The van der Waals surface area contributed by atoms with Crippen LogP contribution in [0.1, 0.15) is 42.3 Å². The lowest BCUT2D eigenvalue weighted by Gasteiger charge is -2.12. The van der Waals surface area contributed by atoms with E-state index in [9.17, 15) is 0 Å². The molecule has 3 N–H and O–H groups in total. The van der Waals surface area contributed by atoms with E-state index in [1.54, 1.807) is 4.68 Å². The molecule has 0 fully saturated rings. The van der Waals surface area contributed by atoms with E-state index in [4.69, 9.17) is 10.9 Å². The molecule has 2 aromatic heterocycles. The molecule has 0 atom stereocenters. The molecule has 21 heavy (non-hydrogen) atoms. The highest BCUT2D eigenvalue weighted by atomic mass is 16.4. The first-order chi connectivity index (χ1) is 10.0. The first-order valence-electron chi connectivity index (χ1n) is 6.93. The third-order valence-electron chi connectivity index (χ3n) is 3.24. The maximum Gasteiger partial charge on any atom is 0.174 e. The van der Waals surface area contributed by atoms with Crippen LogP contribution in [0.2, 0.25) is 0 Å². The predicted octanol–water partition coefficient (Wildman–Crippen LogP) is 1.50. The number of hydrogen-bond acceptors (Lipinski definition) is 5. The molecule has 0 saturated carbocycles. The number of rotatable bonds is 4. The van der Waals surface area contributed by atoms with Crippen LogP contribution in [0.4, 0.5) is 0 Å². The highest BCUT2D eigenvalue weighted by Gasteiger charge is 2.19. The van der Waals surface area contributed by atoms with Crippen molar-refractivity contribution in [3.63, 3.8) is 0 Å². The topological polar surface area (TPSA) is 102 Å². The van der Waals surface area contributed by atoms with Crippen LogP contribution < -0.4 is 5.73 Å². The van der Waals surface area contributed by atoms with Gasteiger partial charge < -0.3 is 10.9 Å². The van der Waals surface area contributed by atoms with E-state index in [0.717, 1.165) is 35.7 Å². The van der Waals surface area contributed by atoms with Crippen molar-refractivity contribution >= 4 is 5.84 Å². The minimum Gasteiger partial charge on any atom is -0.409 e. The smallest absolute Gasteiger partial charge is 0.174 e. The third kappa shape index (κ3) is 2.72. The summed E-state index contributed by atoms with van der Waals surface area (Å²) in [5.41, 5.74) is 8.11. The molecule has 0 saturated heterocycles. The van der Waals surface area contributed by atoms with Crippen molar-refractivity contribution in [2.24, 2.45) is 10.9 Å². The molecule has 2 rings (SSSR count). The van der Waals surface area contributed by atoms with Gasteiger partial charge in [0, 0.05) is 18.5 Å². The molecule has 0 aromatic carbocycles. The second kappa shape index (κ2) is 5.90. The highest BCUT2D eigenvalue weighted by Crippen LogP contribution is 2.19.